The average Bonchev–Trinajstić information content (AvgIpc) is 2.05. The first-order chi connectivity index (χ1) is 5.83. The highest BCUT2D eigenvalue weighted by Gasteiger charge is 1.92. The lowest BCUT2D eigenvalue weighted by Crippen LogP contribution is -2.05. The minimum atomic E-state index is 0.192. The number of nitrogens with zero attached hydrogens (tertiary/aromatic N) is 2. The Morgan fingerprint density at radius 2 is 2.58 bits per heavy atom. The molecule has 0 amide bonds. The first-order valence-corrected chi connectivity index (χ1v) is 3.44. The Labute approximate surface area is 70.9 Å². The first kappa shape index (κ1) is 8.50. The normalized spacial score (nSPS) is 9.00. The summed E-state index contributed by atoms with van der Waals surface area (Å²) >= 11 is 0. The third-order valence-corrected chi connectivity index (χ3v) is 1.11. The maximum atomic E-state index is 4.97. The fourth-order valence-corrected chi connectivity index (χ4v) is 0.640. The van der Waals surface area contributed by atoms with Crippen LogP contribution >= 0.6 is 0 Å². The van der Waals surface area contributed by atoms with Gasteiger partial charge in [0.25, 0.3) is 0 Å². The summed E-state index contributed by atoms with van der Waals surface area (Å²) in [5.74, 6) is 2.73. The van der Waals surface area contributed by atoms with E-state index in [1.54, 1.807) is 12.3 Å². The van der Waals surface area contributed by atoms with Crippen LogP contribution in [0, 0.1) is 19.3 Å². The lowest BCUT2D eigenvalue weighted by Gasteiger charge is -2.01. The molecule has 0 aromatic carbocycles. The molecule has 4 nitrogen and oxygen atoms in total. The Bertz CT molecular complexity index is 293. The van der Waals surface area contributed by atoms with E-state index >= 15 is 0 Å². The average molecular weight is 163 g/mol. The summed E-state index contributed by atoms with van der Waals surface area (Å²) in [4.78, 5) is 12.7. The highest BCUT2D eigenvalue weighted by atomic mass is 16.6. The van der Waals surface area contributed by atoms with Gasteiger partial charge in [0.1, 0.15) is 6.61 Å². The molecule has 62 valence electrons. The van der Waals surface area contributed by atoms with E-state index in [0.717, 1.165) is 5.69 Å². The van der Waals surface area contributed by atoms with Crippen LogP contribution in [0.4, 0.5) is 5.95 Å². The van der Waals surface area contributed by atoms with Crippen molar-refractivity contribution < 1.29 is 4.84 Å². The molecule has 4 heteroatoms. The number of aryl methyl sites for hydroxylation is 1. The van der Waals surface area contributed by atoms with Crippen LogP contribution in [-0.2, 0) is 4.84 Å². The molecule has 1 rings (SSSR count). The van der Waals surface area contributed by atoms with Crippen molar-refractivity contribution in [2.45, 2.75) is 6.92 Å². The number of anilines is 1. The fraction of sp³-hybridized carbons (Fsp3) is 0.250. The molecule has 1 N–H and O–H groups in total. The van der Waals surface area contributed by atoms with Gasteiger partial charge in [-0.25, -0.2) is 15.4 Å². The highest BCUT2D eigenvalue weighted by Crippen LogP contribution is 1.97. The summed E-state index contributed by atoms with van der Waals surface area (Å²) in [5, 5.41) is 0. The van der Waals surface area contributed by atoms with Crippen molar-refractivity contribution in [2.24, 2.45) is 0 Å². The third-order valence-electron chi connectivity index (χ3n) is 1.11. The molecular formula is C8H9N3O. The Balaban J connectivity index is 2.48. The second kappa shape index (κ2) is 4.31. The molecule has 0 spiro atoms. The zero-order chi connectivity index (χ0) is 8.81. The summed E-state index contributed by atoms with van der Waals surface area (Å²) in [5.41, 5.74) is 3.39. The Morgan fingerprint density at radius 1 is 1.75 bits per heavy atom. The van der Waals surface area contributed by atoms with Gasteiger partial charge in [-0.2, -0.15) is 0 Å². The molecule has 0 aliphatic heterocycles. The molecule has 0 unspecified atom stereocenters. The topological polar surface area (TPSA) is 47.0 Å². The number of hydrogen-bond acceptors (Lipinski definition) is 4. The molecule has 0 aliphatic rings. The van der Waals surface area contributed by atoms with Gasteiger partial charge in [-0.15, -0.1) is 6.42 Å². The van der Waals surface area contributed by atoms with Crippen LogP contribution < -0.4 is 5.48 Å². The van der Waals surface area contributed by atoms with Crippen LogP contribution in [0.3, 0.4) is 0 Å². The number of nitrogens with one attached hydrogen (secondary N) is 1. The molecule has 0 saturated carbocycles. The first-order valence-electron chi connectivity index (χ1n) is 3.44. The van der Waals surface area contributed by atoms with Gasteiger partial charge in [-0.05, 0) is 13.0 Å². The van der Waals surface area contributed by atoms with Crippen LogP contribution in [0.1, 0.15) is 5.69 Å². The second-order valence-corrected chi connectivity index (χ2v) is 2.12. The lowest BCUT2D eigenvalue weighted by atomic mass is 10.5. The molecule has 0 bridgehead atoms. The molecule has 0 aliphatic carbocycles. The molecule has 1 aromatic rings. The van der Waals surface area contributed by atoms with Crippen molar-refractivity contribution >= 4 is 5.95 Å². The summed E-state index contributed by atoms with van der Waals surface area (Å²) in [6.07, 6.45) is 6.61. The lowest BCUT2D eigenvalue weighted by molar-refractivity contribution is 0.230. The maximum absolute atomic E-state index is 4.97. The minimum Gasteiger partial charge on any atom is -0.261 e. The Morgan fingerprint density at radius 3 is 3.25 bits per heavy atom. The van der Waals surface area contributed by atoms with Crippen LogP contribution in [0.25, 0.3) is 0 Å². The predicted molar refractivity (Wildman–Crippen MR) is 45.2 cm³/mol. The van der Waals surface area contributed by atoms with Crippen LogP contribution in [0.15, 0.2) is 12.3 Å². The second-order valence-electron chi connectivity index (χ2n) is 2.12. The zero-order valence-electron chi connectivity index (χ0n) is 6.74. The van der Waals surface area contributed by atoms with Crippen molar-refractivity contribution in [3.8, 4) is 12.3 Å². The molecule has 0 fully saturated rings. The quantitative estimate of drug-likeness (QED) is 0.406. The molecule has 1 aromatic heterocycles. The summed E-state index contributed by atoms with van der Waals surface area (Å²) in [7, 11) is 0. The molecule has 0 atom stereocenters. The van der Waals surface area contributed by atoms with E-state index in [9.17, 15) is 0 Å². The summed E-state index contributed by atoms with van der Waals surface area (Å²) < 4.78 is 0. The third kappa shape index (κ3) is 2.56. The van der Waals surface area contributed by atoms with E-state index in [-0.39, 0.29) is 6.61 Å². The van der Waals surface area contributed by atoms with Gasteiger partial charge >= 0.3 is 0 Å². The van der Waals surface area contributed by atoms with Gasteiger partial charge in [-0.1, -0.05) is 5.92 Å². The van der Waals surface area contributed by atoms with Crippen LogP contribution in [0.2, 0.25) is 0 Å². The zero-order valence-corrected chi connectivity index (χ0v) is 6.74. The van der Waals surface area contributed by atoms with Crippen LogP contribution in [-0.4, -0.2) is 16.6 Å². The van der Waals surface area contributed by atoms with E-state index in [1.807, 2.05) is 6.92 Å². The van der Waals surface area contributed by atoms with Crippen LogP contribution in [0.5, 0.6) is 0 Å². The van der Waals surface area contributed by atoms with E-state index in [1.165, 1.54) is 0 Å². The number of rotatable bonds is 3. The SMILES string of the molecule is C#CCONc1nccc(C)n1. The fourth-order valence-electron chi connectivity index (χ4n) is 0.640. The van der Waals surface area contributed by atoms with E-state index in [2.05, 4.69) is 21.4 Å². The molecule has 0 radical (unpaired) electrons. The van der Waals surface area contributed by atoms with Gasteiger partial charge in [0.2, 0.25) is 5.95 Å². The van der Waals surface area contributed by atoms with Crippen molar-refractivity contribution in [1.29, 1.82) is 0 Å². The van der Waals surface area contributed by atoms with Crippen molar-refractivity contribution in [3.63, 3.8) is 0 Å². The monoisotopic (exact) mass is 163 g/mol. The predicted octanol–water partition coefficient (Wildman–Crippen LogP) is 0.762. The number of terminal acetylenes is 1. The van der Waals surface area contributed by atoms with Gasteiger partial charge in [0, 0.05) is 11.9 Å². The molecule has 0 saturated heterocycles. The van der Waals surface area contributed by atoms with E-state index in [4.69, 9.17) is 11.3 Å². The Hall–Kier alpha value is -1.60. The number of hydrogen-bond donors (Lipinski definition) is 1. The smallest absolute Gasteiger partial charge is 0.247 e. The highest BCUT2D eigenvalue weighted by molar-refractivity contribution is 5.21. The summed E-state index contributed by atoms with van der Waals surface area (Å²) in [6.45, 7) is 2.06. The minimum absolute atomic E-state index is 0.192. The largest absolute Gasteiger partial charge is 0.261 e. The number of aromatic nitrogens is 2. The van der Waals surface area contributed by atoms with Crippen molar-refractivity contribution in [3.05, 3.63) is 18.0 Å². The van der Waals surface area contributed by atoms with Crippen molar-refractivity contribution in [2.75, 3.05) is 12.1 Å². The van der Waals surface area contributed by atoms with E-state index < -0.39 is 0 Å². The van der Waals surface area contributed by atoms with E-state index in [0.29, 0.717) is 5.95 Å². The molecule has 1 heterocycles. The Kier molecular flexibility index (Phi) is 3.05. The van der Waals surface area contributed by atoms with Gasteiger partial charge in [0.15, 0.2) is 0 Å². The van der Waals surface area contributed by atoms with Gasteiger partial charge in [0.05, 0.1) is 0 Å². The summed E-state index contributed by atoms with van der Waals surface area (Å²) in [6, 6.07) is 1.80. The maximum Gasteiger partial charge on any atom is 0.247 e. The molecular weight excluding hydrogens is 154 g/mol. The van der Waals surface area contributed by atoms with Gasteiger partial charge < -0.3 is 0 Å². The standard InChI is InChI=1S/C8H9N3O/c1-3-6-12-11-8-9-5-4-7(2)10-8/h1,4-5H,6H2,2H3,(H,9,10,11). The van der Waals surface area contributed by atoms with Gasteiger partial charge in [-0.3, -0.25) is 4.84 Å². The molecule has 12 heavy (non-hydrogen) atoms. The van der Waals surface area contributed by atoms with Crippen molar-refractivity contribution in [1.82, 2.24) is 9.97 Å².